The van der Waals surface area contributed by atoms with Gasteiger partial charge in [-0.15, -0.1) is 0 Å². The van der Waals surface area contributed by atoms with E-state index in [0.717, 1.165) is 0 Å². The number of ketones is 2. The lowest BCUT2D eigenvalue weighted by molar-refractivity contribution is 0.0980. The number of halogens is 3. The fourth-order valence-electron chi connectivity index (χ4n) is 2.49. The van der Waals surface area contributed by atoms with Crippen molar-refractivity contribution in [3.8, 4) is 0 Å². The first-order valence-electron chi connectivity index (χ1n) is 6.00. The molecule has 0 fully saturated rings. The Hall–Kier alpha value is -1.55. The molecule has 0 saturated carbocycles. The molecule has 0 unspecified atom stereocenters. The molecule has 0 spiro atoms. The van der Waals surface area contributed by atoms with E-state index in [2.05, 4.69) is 0 Å². The van der Waals surface area contributed by atoms with Gasteiger partial charge in [0, 0.05) is 5.69 Å². The van der Waals surface area contributed by atoms with Crippen LogP contribution in [0.1, 0.15) is 37.4 Å². The van der Waals surface area contributed by atoms with Gasteiger partial charge in [-0.2, -0.15) is 0 Å². The number of hydrogen-bond donors (Lipinski definition) is 1. The second-order valence-electron chi connectivity index (χ2n) is 4.78. The van der Waals surface area contributed by atoms with Gasteiger partial charge in [-0.05, 0) is 30.7 Å². The summed E-state index contributed by atoms with van der Waals surface area (Å²) in [6.45, 7) is 1.72. The van der Waals surface area contributed by atoms with Gasteiger partial charge in [0.1, 0.15) is 0 Å². The van der Waals surface area contributed by atoms with Crippen molar-refractivity contribution in [2.24, 2.45) is 0 Å². The van der Waals surface area contributed by atoms with E-state index in [-0.39, 0.29) is 43.0 Å². The van der Waals surface area contributed by atoms with E-state index in [1.807, 2.05) is 0 Å². The molecule has 0 bridgehead atoms. The number of benzene rings is 2. The minimum atomic E-state index is -0.441. The van der Waals surface area contributed by atoms with Crippen molar-refractivity contribution >= 4 is 52.1 Å². The summed E-state index contributed by atoms with van der Waals surface area (Å²) >= 11 is 18.3. The average molecular weight is 341 g/mol. The van der Waals surface area contributed by atoms with Gasteiger partial charge in [-0.1, -0.05) is 34.8 Å². The van der Waals surface area contributed by atoms with Gasteiger partial charge in [0.05, 0.1) is 37.3 Å². The third-order valence-electron chi connectivity index (χ3n) is 3.54. The van der Waals surface area contributed by atoms with Gasteiger partial charge in [-0.25, -0.2) is 0 Å². The topological polar surface area (TPSA) is 60.2 Å². The number of hydrogen-bond acceptors (Lipinski definition) is 3. The first-order chi connectivity index (χ1) is 9.84. The van der Waals surface area contributed by atoms with Crippen LogP contribution < -0.4 is 5.73 Å². The lowest BCUT2D eigenvalue weighted by atomic mass is 9.82. The molecule has 0 saturated heterocycles. The molecule has 0 aliphatic heterocycles. The average Bonchev–Trinajstić information content (AvgIpc) is 2.42. The highest BCUT2D eigenvalue weighted by molar-refractivity contribution is 6.46. The fraction of sp³-hybridized carbons (Fsp3) is 0.0667. The number of carbonyl (C=O) groups is 2. The number of nitrogens with two attached hydrogens (primary N) is 1. The van der Waals surface area contributed by atoms with E-state index in [1.54, 1.807) is 13.0 Å². The molecule has 106 valence electrons. The van der Waals surface area contributed by atoms with Crippen LogP contribution in [0.15, 0.2) is 18.2 Å². The molecule has 0 heterocycles. The lowest BCUT2D eigenvalue weighted by Gasteiger charge is -2.22. The molecule has 0 amide bonds. The molecule has 0 atom stereocenters. The number of rotatable bonds is 0. The molecular weight excluding hydrogens is 333 g/mol. The Morgan fingerprint density at radius 3 is 1.76 bits per heavy atom. The summed E-state index contributed by atoms with van der Waals surface area (Å²) in [6.07, 6.45) is 0. The number of fused-ring (bicyclic) bond motifs is 2. The summed E-state index contributed by atoms with van der Waals surface area (Å²) in [5.74, 6) is -0.876. The smallest absolute Gasteiger partial charge is 0.198 e. The van der Waals surface area contributed by atoms with Crippen molar-refractivity contribution in [1.82, 2.24) is 0 Å². The zero-order chi connectivity index (χ0) is 15.5. The third kappa shape index (κ3) is 1.89. The highest BCUT2D eigenvalue weighted by Gasteiger charge is 2.36. The molecule has 6 heteroatoms. The summed E-state index contributed by atoms with van der Waals surface area (Å²) in [7, 11) is 0. The van der Waals surface area contributed by atoms with Crippen molar-refractivity contribution in [3.05, 3.63) is 61.1 Å². The summed E-state index contributed by atoms with van der Waals surface area (Å²) in [5, 5.41) is 0.501. The number of carbonyl (C=O) groups excluding carboxylic acids is 2. The minimum absolute atomic E-state index is 0.0758. The highest BCUT2D eigenvalue weighted by Crippen LogP contribution is 2.41. The van der Waals surface area contributed by atoms with Gasteiger partial charge in [-0.3, -0.25) is 9.59 Å². The second kappa shape index (κ2) is 4.73. The third-order valence-corrected chi connectivity index (χ3v) is 4.47. The van der Waals surface area contributed by atoms with Gasteiger partial charge < -0.3 is 5.73 Å². The molecule has 21 heavy (non-hydrogen) atoms. The Labute approximate surface area is 135 Å². The molecule has 2 aromatic rings. The Morgan fingerprint density at radius 2 is 1.24 bits per heavy atom. The van der Waals surface area contributed by atoms with E-state index in [4.69, 9.17) is 40.5 Å². The summed E-state index contributed by atoms with van der Waals surface area (Å²) in [4.78, 5) is 25.4. The minimum Gasteiger partial charge on any atom is -0.398 e. The van der Waals surface area contributed by atoms with Crippen LogP contribution >= 0.6 is 34.8 Å². The van der Waals surface area contributed by atoms with Crippen LogP contribution in [0.3, 0.4) is 0 Å². The van der Waals surface area contributed by atoms with Crippen LogP contribution in [0.2, 0.25) is 15.1 Å². The maximum atomic E-state index is 12.7. The number of nitrogen functional groups attached to an aromatic ring is 1. The van der Waals surface area contributed by atoms with Crippen LogP contribution in [-0.2, 0) is 0 Å². The van der Waals surface area contributed by atoms with Crippen LogP contribution in [0.4, 0.5) is 5.69 Å². The van der Waals surface area contributed by atoms with E-state index >= 15 is 0 Å². The standard InChI is InChI=1S/C15H8Cl3NO2/c1-5-4-8(18)11-12(13(5)19)15(21)10-7(17)3-2-6(16)9(10)14(11)20/h2-4H,19H2,1H3. The molecule has 1 aliphatic rings. The van der Waals surface area contributed by atoms with Gasteiger partial charge in [0.25, 0.3) is 0 Å². The summed E-state index contributed by atoms with van der Waals surface area (Å²) in [6, 6.07) is 4.52. The Morgan fingerprint density at radius 1 is 0.810 bits per heavy atom. The molecule has 3 rings (SSSR count). The van der Waals surface area contributed by atoms with Crippen molar-refractivity contribution in [2.45, 2.75) is 6.92 Å². The molecule has 2 N–H and O–H groups in total. The quantitative estimate of drug-likeness (QED) is 0.620. The van der Waals surface area contributed by atoms with Gasteiger partial charge >= 0.3 is 0 Å². The SMILES string of the molecule is Cc1cc(Cl)c2c(c1N)C(=O)c1c(Cl)ccc(Cl)c1C2=O. The molecule has 0 aromatic heterocycles. The largest absolute Gasteiger partial charge is 0.398 e. The fourth-order valence-corrected chi connectivity index (χ4v) is 3.33. The predicted molar refractivity (Wildman–Crippen MR) is 83.9 cm³/mol. The zero-order valence-corrected chi connectivity index (χ0v) is 13.0. The zero-order valence-electron chi connectivity index (χ0n) is 10.8. The van der Waals surface area contributed by atoms with Gasteiger partial charge in [0.2, 0.25) is 0 Å². The molecule has 2 aromatic carbocycles. The van der Waals surface area contributed by atoms with Crippen LogP contribution in [0.25, 0.3) is 0 Å². The number of aryl methyl sites for hydroxylation is 1. The van der Waals surface area contributed by atoms with Crippen molar-refractivity contribution < 1.29 is 9.59 Å². The maximum Gasteiger partial charge on any atom is 0.198 e. The molecular formula is C15H8Cl3NO2. The van der Waals surface area contributed by atoms with Gasteiger partial charge in [0.15, 0.2) is 11.6 Å². The second-order valence-corrected chi connectivity index (χ2v) is 6.00. The Balaban J connectivity index is 2.47. The highest BCUT2D eigenvalue weighted by atomic mass is 35.5. The van der Waals surface area contributed by atoms with Crippen molar-refractivity contribution in [2.75, 3.05) is 5.73 Å². The summed E-state index contributed by atoms with van der Waals surface area (Å²) < 4.78 is 0. The van der Waals surface area contributed by atoms with Crippen molar-refractivity contribution in [3.63, 3.8) is 0 Å². The normalized spacial score (nSPS) is 13.1. The van der Waals surface area contributed by atoms with Crippen LogP contribution in [0, 0.1) is 6.92 Å². The van der Waals surface area contributed by atoms with E-state index in [1.165, 1.54) is 12.1 Å². The summed E-state index contributed by atoms with van der Waals surface area (Å²) in [5.41, 5.74) is 7.16. The lowest BCUT2D eigenvalue weighted by Crippen LogP contribution is -2.24. The van der Waals surface area contributed by atoms with Crippen LogP contribution in [-0.4, -0.2) is 11.6 Å². The van der Waals surface area contributed by atoms with Crippen LogP contribution in [0.5, 0.6) is 0 Å². The van der Waals surface area contributed by atoms with E-state index < -0.39 is 11.6 Å². The Kier molecular flexibility index (Phi) is 3.24. The molecule has 1 aliphatic carbocycles. The van der Waals surface area contributed by atoms with E-state index in [9.17, 15) is 9.59 Å². The number of anilines is 1. The molecule has 0 radical (unpaired) electrons. The first-order valence-corrected chi connectivity index (χ1v) is 7.14. The molecule has 3 nitrogen and oxygen atoms in total. The monoisotopic (exact) mass is 339 g/mol. The first kappa shape index (κ1) is 14.4. The van der Waals surface area contributed by atoms with Crippen molar-refractivity contribution in [1.29, 1.82) is 0 Å². The Bertz CT molecular complexity index is 844. The van der Waals surface area contributed by atoms with E-state index in [0.29, 0.717) is 5.56 Å². The predicted octanol–water partition coefficient (Wildman–Crippen LogP) is 4.31. The maximum absolute atomic E-state index is 12.7.